The van der Waals surface area contributed by atoms with Gasteiger partial charge in [0.05, 0.1) is 6.08 Å². The van der Waals surface area contributed by atoms with Gasteiger partial charge in [-0.3, -0.25) is 4.79 Å². The molecule has 0 spiro atoms. The Balaban J connectivity index is 2.09. The average Bonchev–Trinajstić information content (AvgIpc) is 2.59. The highest BCUT2D eigenvalue weighted by atomic mass is 16.1. The summed E-state index contributed by atoms with van der Waals surface area (Å²) in [5, 5.41) is 2.35. The van der Waals surface area contributed by atoms with Gasteiger partial charge in [-0.2, -0.15) is 4.57 Å². The Hall–Kier alpha value is -2.74. The number of pyridine rings is 1. The number of hydrogen-bond acceptors (Lipinski definition) is 1. The molecule has 3 aromatic rings. The molecule has 2 aromatic carbocycles. The van der Waals surface area contributed by atoms with Crippen LogP contribution in [-0.2, 0) is 0 Å². The quantitative estimate of drug-likeness (QED) is 0.382. The van der Waals surface area contributed by atoms with Gasteiger partial charge < -0.3 is 0 Å². The minimum Gasteiger partial charge on any atom is -0.289 e. The molecule has 0 saturated heterocycles. The van der Waals surface area contributed by atoms with Crippen LogP contribution in [0.3, 0.4) is 0 Å². The fraction of sp³-hybridized carbons (Fsp3) is 0.182. The number of aromatic nitrogens is 1. The lowest BCUT2D eigenvalue weighted by molar-refractivity contribution is -0.587. The van der Waals surface area contributed by atoms with Gasteiger partial charge in [0.2, 0.25) is 0 Å². The predicted octanol–water partition coefficient (Wildman–Crippen LogP) is 4.90. The van der Waals surface area contributed by atoms with Crippen molar-refractivity contribution >= 4 is 22.3 Å². The smallest absolute Gasteiger partial charge is 0.196 e. The van der Waals surface area contributed by atoms with Crippen LogP contribution in [0.1, 0.15) is 31.1 Å². The van der Waals surface area contributed by atoms with Crippen LogP contribution in [0.2, 0.25) is 0 Å². The fourth-order valence-corrected chi connectivity index (χ4v) is 2.77. The number of carbonyl (C=O) groups is 1. The van der Waals surface area contributed by atoms with E-state index in [0.717, 1.165) is 11.1 Å². The zero-order chi connectivity index (χ0) is 17.2. The first-order valence-electron chi connectivity index (χ1n) is 8.17. The summed E-state index contributed by atoms with van der Waals surface area (Å²) in [5.41, 5.74) is 1.53. The maximum atomic E-state index is 12.6. The number of benzene rings is 2. The van der Waals surface area contributed by atoms with E-state index in [9.17, 15) is 4.79 Å². The Bertz CT molecular complexity index is 902. The first kappa shape index (κ1) is 16.1. The molecular weight excluding hydrogens is 294 g/mol. The second-order valence-corrected chi connectivity index (χ2v) is 6.99. The van der Waals surface area contributed by atoms with Crippen molar-refractivity contribution in [1.82, 2.24) is 0 Å². The summed E-state index contributed by atoms with van der Waals surface area (Å²) in [7, 11) is 0. The van der Waals surface area contributed by atoms with Gasteiger partial charge in [-0.05, 0) is 11.5 Å². The van der Waals surface area contributed by atoms with E-state index < -0.39 is 0 Å². The molecule has 24 heavy (non-hydrogen) atoms. The Labute approximate surface area is 143 Å². The molecular formula is C22H22NO+. The van der Waals surface area contributed by atoms with Gasteiger partial charge in [0, 0.05) is 22.4 Å². The molecule has 0 aliphatic heterocycles. The molecule has 0 radical (unpaired) electrons. The van der Waals surface area contributed by atoms with Crippen LogP contribution in [0.15, 0.2) is 79.1 Å². The van der Waals surface area contributed by atoms with Crippen molar-refractivity contribution in [3.8, 4) is 0 Å². The lowest BCUT2D eigenvalue weighted by Crippen LogP contribution is -2.38. The van der Waals surface area contributed by atoms with E-state index in [1.807, 2.05) is 48.7 Å². The summed E-state index contributed by atoms with van der Waals surface area (Å²) in [5.74, 6) is 0.0289. The van der Waals surface area contributed by atoms with Crippen molar-refractivity contribution in [2.75, 3.05) is 0 Å². The summed E-state index contributed by atoms with van der Waals surface area (Å²) in [4.78, 5) is 12.6. The Morgan fingerprint density at radius 2 is 1.50 bits per heavy atom. The summed E-state index contributed by atoms with van der Waals surface area (Å²) in [6, 6.07) is 19.7. The second-order valence-electron chi connectivity index (χ2n) is 6.99. The zero-order valence-corrected chi connectivity index (χ0v) is 14.4. The van der Waals surface area contributed by atoms with Crippen LogP contribution in [0, 0.1) is 5.41 Å². The molecule has 3 rings (SSSR count). The number of fused-ring (bicyclic) bond motifs is 1. The largest absolute Gasteiger partial charge is 0.289 e. The molecule has 2 heteroatoms. The lowest BCUT2D eigenvalue weighted by Gasteiger charge is -2.17. The third-order valence-electron chi connectivity index (χ3n) is 4.06. The van der Waals surface area contributed by atoms with Crippen LogP contribution < -0.4 is 4.57 Å². The van der Waals surface area contributed by atoms with Crippen molar-refractivity contribution in [3.63, 3.8) is 0 Å². The maximum Gasteiger partial charge on any atom is 0.196 e. The predicted molar refractivity (Wildman–Crippen MR) is 98.6 cm³/mol. The SMILES string of the molecule is CC(C)(C)/C(=C\C(=O)c1ccccc1)[n+]1ccc2ccccc2c1. The highest BCUT2D eigenvalue weighted by Crippen LogP contribution is 2.26. The van der Waals surface area contributed by atoms with E-state index in [4.69, 9.17) is 0 Å². The van der Waals surface area contributed by atoms with E-state index in [1.54, 1.807) is 6.08 Å². The summed E-state index contributed by atoms with van der Waals surface area (Å²) in [6.45, 7) is 6.37. The van der Waals surface area contributed by atoms with Gasteiger partial charge >= 0.3 is 0 Å². The number of nitrogens with zero attached hydrogens (tertiary/aromatic N) is 1. The Morgan fingerprint density at radius 3 is 2.17 bits per heavy atom. The second kappa shape index (κ2) is 6.40. The van der Waals surface area contributed by atoms with Crippen LogP contribution in [0.4, 0.5) is 0 Å². The Kier molecular flexibility index (Phi) is 4.30. The molecule has 2 nitrogen and oxygen atoms in total. The molecule has 0 unspecified atom stereocenters. The monoisotopic (exact) mass is 316 g/mol. The van der Waals surface area contributed by atoms with Gasteiger partial charge in [-0.25, -0.2) is 0 Å². The van der Waals surface area contributed by atoms with Crippen molar-refractivity contribution in [3.05, 3.63) is 84.7 Å². The maximum absolute atomic E-state index is 12.6. The van der Waals surface area contributed by atoms with Crippen molar-refractivity contribution < 1.29 is 9.36 Å². The zero-order valence-electron chi connectivity index (χ0n) is 14.4. The number of allylic oxidation sites excluding steroid dienone is 2. The molecule has 120 valence electrons. The van der Waals surface area contributed by atoms with Crippen LogP contribution in [0.25, 0.3) is 16.5 Å². The normalized spacial score (nSPS) is 12.4. The topological polar surface area (TPSA) is 20.9 Å². The van der Waals surface area contributed by atoms with Crippen LogP contribution in [-0.4, -0.2) is 5.78 Å². The van der Waals surface area contributed by atoms with E-state index in [2.05, 4.69) is 49.7 Å². The molecule has 0 atom stereocenters. The third kappa shape index (κ3) is 3.43. The molecule has 0 amide bonds. The van der Waals surface area contributed by atoms with Gasteiger partial charge in [0.15, 0.2) is 23.9 Å². The summed E-state index contributed by atoms with van der Waals surface area (Å²) >= 11 is 0. The molecule has 0 saturated carbocycles. The van der Waals surface area contributed by atoms with Gasteiger partial charge in [-0.1, -0.05) is 69.3 Å². The first-order chi connectivity index (χ1) is 11.4. The van der Waals surface area contributed by atoms with Crippen LogP contribution >= 0.6 is 0 Å². The van der Waals surface area contributed by atoms with Crippen molar-refractivity contribution in [2.45, 2.75) is 20.8 Å². The van der Waals surface area contributed by atoms with Crippen LogP contribution in [0.5, 0.6) is 0 Å². The molecule has 0 aliphatic carbocycles. The third-order valence-corrected chi connectivity index (χ3v) is 4.06. The standard InChI is InChI=1S/C22H22NO/c1-22(2,3)21(15-20(24)18-10-5-4-6-11-18)23-14-13-17-9-7-8-12-19(17)16-23/h4-16H,1-3H3/q+1/b21-15+. The number of ketones is 1. The number of carbonyl (C=O) groups excluding carboxylic acids is 1. The summed E-state index contributed by atoms with van der Waals surface area (Å²) in [6.07, 6.45) is 5.87. The van der Waals surface area contributed by atoms with Gasteiger partial charge in [-0.15, -0.1) is 0 Å². The van der Waals surface area contributed by atoms with E-state index >= 15 is 0 Å². The highest BCUT2D eigenvalue weighted by Gasteiger charge is 2.27. The lowest BCUT2D eigenvalue weighted by atomic mass is 9.90. The molecule has 1 heterocycles. The summed E-state index contributed by atoms with van der Waals surface area (Å²) < 4.78 is 2.06. The molecule has 0 aliphatic rings. The highest BCUT2D eigenvalue weighted by molar-refractivity contribution is 6.06. The van der Waals surface area contributed by atoms with Gasteiger partial charge in [0.1, 0.15) is 0 Å². The Morgan fingerprint density at radius 1 is 0.875 bits per heavy atom. The van der Waals surface area contributed by atoms with E-state index in [-0.39, 0.29) is 11.2 Å². The van der Waals surface area contributed by atoms with E-state index in [1.165, 1.54) is 5.39 Å². The van der Waals surface area contributed by atoms with Gasteiger partial charge in [0.25, 0.3) is 0 Å². The minimum atomic E-state index is -0.155. The van der Waals surface area contributed by atoms with E-state index in [0.29, 0.717) is 5.56 Å². The molecule has 0 N–H and O–H groups in total. The first-order valence-corrected chi connectivity index (χ1v) is 8.17. The minimum absolute atomic E-state index is 0.0289. The number of rotatable bonds is 3. The van der Waals surface area contributed by atoms with Crippen molar-refractivity contribution in [2.24, 2.45) is 5.41 Å². The average molecular weight is 316 g/mol. The molecule has 1 aromatic heterocycles. The fourth-order valence-electron chi connectivity index (χ4n) is 2.77. The number of hydrogen-bond donors (Lipinski definition) is 0. The molecule has 0 bridgehead atoms. The van der Waals surface area contributed by atoms with Crippen molar-refractivity contribution in [1.29, 1.82) is 0 Å². The molecule has 0 fully saturated rings.